The minimum Gasteiger partial charge on any atom is -0.481 e. The first-order valence-corrected chi connectivity index (χ1v) is 6.78. The van der Waals surface area contributed by atoms with Gasteiger partial charge in [0.15, 0.2) is 6.10 Å². The van der Waals surface area contributed by atoms with E-state index in [1.165, 1.54) is 24.3 Å². The van der Waals surface area contributed by atoms with Gasteiger partial charge in [-0.05, 0) is 48.4 Å². The zero-order chi connectivity index (χ0) is 15.1. The van der Waals surface area contributed by atoms with Crippen molar-refractivity contribution in [2.24, 2.45) is 0 Å². The second kappa shape index (κ2) is 7.38. The predicted molar refractivity (Wildman–Crippen MR) is 77.2 cm³/mol. The molecular formula is C16H17FN2O2. The highest BCUT2D eigenvalue weighted by atomic mass is 19.1. The van der Waals surface area contributed by atoms with Gasteiger partial charge < -0.3 is 10.1 Å². The van der Waals surface area contributed by atoms with Crippen LogP contribution in [0.15, 0.2) is 48.8 Å². The zero-order valence-electron chi connectivity index (χ0n) is 11.8. The Morgan fingerprint density at radius 3 is 2.52 bits per heavy atom. The number of benzene rings is 1. The van der Waals surface area contributed by atoms with Crippen LogP contribution in [0.5, 0.6) is 5.75 Å². The van der Waals surface area contributed by atoms with Gasteiger partial charge in [-0.2, -0.15) is 0 Å². The monoisotopic (exact) mass is 288 g/mol. The summed E-state index contributed by atoms with van der Waals surface area (Å²) >= 11 is 0. The van der Waals surface area contributed by atoms with Crippen LogP contribution >= 0.6 is 0 Å². The van der Waals surface area contributed by atoms with Crippen molar-refractivity contribution in [1.29, 1.82) is 0 Å². The van der Waals surface area contributed by atoms with Crippen LogP contribution < -0.4 is 10.1 Å². The van der Waals surface area contributed by atoms with Crippen molar-refractivity contribution in [1.82, 2.24) is 10.3 Å². The highest BCUT2D eigenvalue weighted by Gasteiger charge is 2.17. The summed E-state index contributed by atoms with van der Waals surface area (Å²) in [5.41, 5.74) is 0.968. The molecular weight excluding hydrogens is 271 g/mol. The molecule has 0 unspecified atom stereocenters. The summed E-state index contributed by atoms with van der Waals surface area (Å²) < 4.78 is 18.4. The second-order valence-electron chi connectivity index (χ2n) is 4.54. The topological polar surface area (TPSA) is 51.2 Å². The van der Waals surface area contributed by atoms with Gasteiger partial charge in [-0.1, -0.05) is 6.92 Å². The van der Waals surface area contributed by atoms with Crippen molar-refractivity contribution < 1.29 is 13.9 Å². The third-order valence-electron chi connectivity index (χ3n) is 2.97. The van der Waals surface area contributed by atoms with Crippen molar-refractivity contribution in [3.63, 3.8) is 0 Å². The second-order valence-corrected chi connectivity index (χ2v) is 4.54. The van der Waals surface area contributed by atoms with E-state index in [0.29, 0.717) is 18.7 Å². The molecule has 1 heterocycles. The van der Waals surface area contributed by atoms with Gasteiger partial charge in [0.1, 0.15) is 11.6 Å². The summed E-state index contributed by atoms with van der Waals surface area (Å²) in [6.07, 6.45) is 3.28. The third-order valence-corrected chi connectivity index (χ3v) is 2.97. The molecule has 4 nitrogen and oxygen atoms in total. The number of nitrogens with zero attached hydrogens (tertiary/aromatic N) is 1. The number of aromatic nitrogens is 1. The Hall–Kier alpha value is -2.43. The number of hydrogen-bond donors (Lipinski definition) is 1. The Balaban J connectivity index is 1.90. The van der Waals surface area contributed by atoms with E-state index in [0.717, 1.165) is 5.56 Å². The van der Waals surface area contributed by atoms with Gasteiger partial charge in [0.2, 0.25) is 0 Å². The number of ether oxygens (including phenoxy) is 1. The fourth-order valence-electron chi connectivity index (χ4n) is 1.80. The summed E-state index contributed by atoms with van der Waals surface area (Å²) in [6.45, 7) is 2.28. The van der Waals surface area contributed by atoms with Crippen molar-refractivity contribution in [2.45, 2.75) is 26.0 Å². The Bertz CT molecular complexity index is 573. The number of rotatable bonds is 6. The van der Waals surface area contributed by atoms with E-state index in [-0.39, 0.29) is 11.7 Å². The van der Waals surface area contributed by atoms with Gasteiger partial charge in [0, 0.05) is 18.9 Å². The maximum atomic E-state index is 12.8. The van der Waals surface area contributed by atoms with E-state index in [2.05, 4.69) is 10.3 Å². The quantitative estimate of drug-likeness (QED) is 0.889. The SMILES string of the molecule is CC[C@H](Oc1ccc(F)cc1)C(=O)NCc1ccncc1. The van der Waals surface area contributed by atoms with Gasteiger partial charge >= 0.3 is 0 Å². The van der Waals surface area contributed by atoms with Crippen LogP contribution in [0.25, 0.3) is 0 Å². The lowest BCUT2D eigenvalue weighted by Gasteiger charge is -2.17. The lowest BCUT2D eigenvalue weighted by atomic mass is 10.2. The number of nitrogens with one attached hydrogen (secondary N) is 1. The van der Waals surface area contributed by atoms with Crippen LogP contribution in [-0.4, -0.2) is 17.0 Å². The van der Waals surface area contributed by atoms with Crippen LogP contribution in [0.4, 0.5) is 4.39 Å². The van der Waals surface area contributed by atoms with Crippen LogP contribution in [0.3, 0.4) is 0 Å². The maximum absolute atomic E-state index is 12.8. The number of carbonyl (C=O) groups is 1. The molecule has 0 aliphatic heterocycles. The summed E-state index contributed by atoms with van der Waals surface area (Å²) in [5, 5.41) is 2.82. The summed E-state index contributed by atoms with van der Waals surface area (Å²) in [7, 11) is 0. The molecule has 1 aromatic carbocycles. The highest BCUT2D eigenvalue weighted by Crippen LogP contribution is 2.14. The lowest BCUT2D eigenvalue weighted by molar-refractivity contribution is -0.128. The number of pyridine rings is 1. The van der Waals surface area contributed by atoms with E-state index in [1.54, 1.807) is 12.4 Å². The largest absolute Gasteiger partial charge is 0.481 e. The van der Waals surface area contributed by atoms with E-state index in [1.807, 2.05) is 19.1 Å². The van der Waals surface area contributed by atoms with Crippen LogP contribution in [0.2, 0.25) is 0 Å². The van der Waals surface area contributed by atoms with Crippen molar-refractivity contribution in [3.05, 3.63) is 60.2 Å². The summed E-state index contributed by atoms with van der Waals surface area (Å²) in [4.78, 5) is 16.0. The molecule has 5 heteroatoms. The van der Waals surface area contributed by atoms with Gasteiger partial charge in [-0.25, -0.2) is 4.39 Å². The minimum absolute atomic E-state index is 0.196. The number of hydrogen-bond acceptors (Lipinski definition) is 3. The molecule has 2 aromatic rings. The average molecular weight is 288 g/mol. The standard InChI is InChI=1S/C16H17FN2O2/c1-2-15(21-14-5-3-13(17)4-6-14)16(20)19-11-12-7-9-18-10-8-12/h3-10,15H,2,11H2,1H3,(H,19,20)/t15-/m0/s1. The maximum Gasteiger partial charge on any atom is 0.261 e. The number of amides is 1. The van der Waals surface area contributed by atoms with Gasteiger partial charge in [-0.15, -0.1) is 0 Å². The molecule has 1 aromatic heterocycles. The molecule has 0 radical (unpaired) electrons. The molecule has 0 spiro atoms. The fourth-order valence-corrected chi connectivity index (χ4v) is 1.80. The molecule has 2 rings (SSSR count). The number of carbonyl (C=O) groups excluding carboxylic acids is 1. The van der Waals surface area contributed by atoms with E-state index < -0.39 is 6.10 Å². The van der Waals surface area contributed by atoms with Crippen LogP contribution in [0, 0.1) is 5.82 Å². The lowest BCUT2D eigenvalue weighted by Crippen LogP contribution is -2.37. The first-order valence-electron chi connectivity index (χ1n) is 6.78. The normalized spacial score (nSPS) is 11.7. The smallest absolute Gasteiger partial charge is 0.261 e. The first-order chi connectivity index (χ1) is 10.2. The highest BCUT2D eigenvalue weighted by molar-refractivity contribution is 5.81. The van der Waals surface area contributed by atoms with E-state index in [4.69, 9.17) is 4.74 Å². The minimum atomic E-state index is -0.600. The average Bonchev–Trinajstić information content (AvgIpc) is 2.53. The molecule has 0 fully saturated rings. The number of halogens is 1. The molecule has 110 valence electrons. The molecule has 1 amide bonds. The molecule has 0 bridgehead atoms. The van der Waals surface area contributed by atoms with Gasteiger partial charge in [0.25, 0.3) is 5.91 Å². The molecule has 0 saturated heterocycles. The summed E-state index contributed by atoms with van der Waals surface area (Å²) in [5.74, 6) is -0.0570. The van der Waals surface area contributed by atoms with Crippen molar-refractivity contribution in [3.8, 4) is 5.75 Å². The molecule has 0 saturated carbocycles. The Labute approximate surface area is 123 Å². The molecule has 1 atom stereocenters. The molecule has 0 aliphatic rings. The van der Waals surface area contributed by atoms with Crippen LogP contribution in [-0.2, 0) is 11.3 Å². The Kier molecular flexibility index (Phi) is 5.26. The third kappa shape index (κ3) is 4.56. The fraction of sp³-hybridized carbons (Fsp3) is 0.250. The molecule has 1 N–H and O–H groups in total. The van der Waals surface area contributed by atoms with E-state index in [9.17, 15) is 9.18 Å². The van der Waals surface area contributed by atoms with Gasteiger partial charge in [0.05, 0.1) is 0 Å². The zero-order valence-corrected chi connectivity index (χ0v) is 11.8. The van der Waals surface area contributed by atoms with Crippen molar-refractivity contribution >= 4 is 5.91 Å². The predicted octanol–water partition coefficient (Wildman–Crippen LogP) is 2.69. The Morgan fingerprint density at radius 1 is 1.24 bits per heavy atom. The van der Waals surface area contributed by atoms with Gasteiger partial charge in [-0.3, -0.25) is 9.78 Å². The van der Waals surface area contributed by atoms with Crippen LogP contribution in [0.1, 0.15) is 18.9 Å². The van der Waals surface area contributed by atoms with E-state index >= 15 is 0 Å². The van der Waals surface area contributed by atoms with Crippen molar-refractivity contribution in [2.75, 3.05) is 0 Å². The molecule has 21 heavy (non-hydrogen) atoms. The first kappa shape index (κ1) is 15.0. The Morgan fingerprint density at radius 2 is 1.90 bits per heavy atom. The summed E-state index contributed by atoms with van der Waals surface area (Å²) in [6, 6.07) is 9.29. The molecule has 0 aliphatic carbocycles.